The lowest BCUT2D eigenvalue weighted by atomic mass is 10.0. The minimum atomic E-state index is -0.623. The highest BCUT2D eigenvalue weighted by Gasteiger charge is 2.19. The highest BCUT2D eigenvalue weighted by atomic mass is 16.6. The number of carbonyl (C=O) groups excluding carboxylic acids is 1. The van der Waals surface area contributed by atoms with Gasteiger partial charge >= 0.3 is 0 Å². The molecule has 1 aliphatic rings. The van der Waals surface area contributed by atoms with Gasteiger partial charge < -0.3 is 19.5 Å². The van der Waals surface area contributed by atoms with E-state index in [4.69, 9.17) is 14.2 Å². The second kappa shape index (κ2) is 7.68. The van der Waals surface area contributed by atoms with Crippen molar-refractivity contribution in [2.45, 2.75) is 39.7 Å². The van der Waals surface area contributed by atoms with Crippen molar-refractivity contribution in [1.29, 1.82) is 0 Å². The van der Waals surface area contributed by atoms with E-state index in [1.165, 1.54) is 0 Å². The number of anilines is 1. The largest absolute Gasteiger partial charge is 0.486 e. The number of carbonyl (C=O) groups is 1. The molecule has 1 heterocycles. The van der Waals surface area contributed by atoms with E-state index in [9.17, 15) is 4.79 Å². The molecule has 1 amide bonds. The Bertz CT molecular complexity index is 801. The van der Waals surface area contributed by atoms with Gasteiger partial charge in [0.15, 0.2) is 17.6 Å². The Labute approximate surface area is 154 Å². The Hall–Kier alpha value is -2.69. The monoisotopic (exact) mass is 355 g/mol. The van der Waals surface area contributed by atoms with Gasteiger partial charge in [-0.05, 0) is 49.1 Å². The van der Waals surface area contributed by atoms with Crippen LogP contribution in [-0.2, 0) is 4.79 Å². The molecule has 0 fully saturated rings. The van der Waals surface area contributed by atoms with Crippen LogP contribution in [0, 0.1) is 6.92 Å². The lowest BCUT2D eigenvalue weighted by molar-refractivity contribution is -0.122. The molecule has 0 unspecified atom stereocenters. The van der Waals surface area contributed by atoms with Crippen LogP contribution in [0.5, 0.6) is 17.2 Å². The fourth-order valence-corrected chi connectivity index (χ4v) is 2.83. The Morgan fingerprint density at radius 1 is 1.04 bits per heavy atom. The van der Waals surface area contributed by atoms with E-state index in [1.807, 2.05) is 13.0 Å². The summed E-state index contributed by atoms with van der Waals surface area (Å²) in [4.78, 5) is 12.5. The van der Waals surface area contributed by atoms with Gasteiger partial charge in [0, 0.05) is 11.8 Å². The van der Waals surface area contributed by atoms with Gasteiger partial charge in [0.2, 0.25) is 0 Å². The third-order valence-electron chi connectivity index (χ3n) is 4.27. The van der Waals surface area contributed by atoms with E-state index in [-0.39, 0.29) is 5.91 Å². The number of ether oxygens (including phenoxy) is 3. The minimum absolute atomic E-state index is 0.210. The average Bonchev–Trinajstić information content (AvgIpc) is 2.61. The smallest absolute Gasteiger partial charge is 0.265 e. The van der Waals surface area contributed by atoms with E-state index in [1.54, 1.807) is 25.1 Å². The van der Waals surface area contributed by atoms with Crippen LogP contribution in [-0.4, -0.2) is 25.2 Å². The van der Waals surface area contributed by atoms with Crippen LogP contribution >= 0.6 is 0 Å². The van der Waals surface area contributed by atoms with Crippen molar-refractivity contribution in [3.05, 3.63) is 47.5 Å². The highest BCUT2D eigenvalue weighted by Crippen LogP contribution is 2.33. The summed E-state index contributed by atoms with van der Waals surface area (Å²) in [6.45, 7) is 9.03. The van der Waals surface area contributed by atoms with E-state index in [2.05, 4.69) is 31.3 Å². The van der Waals surface area contributed by atoms with Crippen molar-refractivity contribution in [2.24, 2.45) is 0 Å². The van der Waals surface area contributed by atoms with Crippen molar-refractivity contribution in [3.63, 3.8) is 0 Å². The average molecular weight is 355 g/mol. The molecule has 5 nitrogen and oxygen atoms in total. The summed E-state index contributed by atoms with van der Waals surface area (Å²) in [6.07, 6.45) is -0.623. The van der Waals surface area contributed by atoms with Gasteiger partial charge in [0.05, 0.1) is 0 Å². The first kappa shape index (κ1) is 18.1. The Morgan fingerprint density at radius 2 is 1.77 bits per heavy atom. The number of amides is 1. The maximum atomic E-state index is 12.5. The number of rotatable bonds is 5. The van der Waals surface area contributed by atoms with E-state index in [0.717, 1.165) is 16.9 Å². The number of hydrogen-bond acceptors (Lipinski definition) is 4. The fraction of sp³-hybridized carbons (Fsp3) is 0.381. The van der Waals surface area contributed by atoms with E-state index < -0.39 is 6.10 Å². The maximum Gasteiger partial charge on any atom is 0.265 e. The summed E-state index contributed by atoms with van der Waals surface area (Å²) >= 11 is 0. The number of hydrogen-bond donors (Lipinski definition) is 1. The zero-order valence-electron chi connectivity index (χ0n) is 15.7. The standard InChI is InChI=1S/C21H25NO4/c1-13(2)17-7-5-14(3)11-19(17)26-15(4)21(23)22-16-6-8-18-20(12-16)25-10-9-24-18/h5-8,11-13,15H,9-10H2,1-4H3,(H,22,23)/t15-/m0/s1. The fourth-order valence-electron chi connectivity index (χ4n) is 2.83. The van der Waals surface area contributed by atoms with Crippen LogP contribution in [0.2, 0.25) is 0 Å². The quantitative estimate of drug-likeness (QED) is 0.869. The van der Waals surface area contributed by atoms with Crippen LogP contribution in [0.15, 0.2) is 36.4 Å². The molecular weight excluding hydrogens is 330 g/mol. The Kier molecular flexibility index (Phi) is 5.35. The maximum absolute atomic E-state index is 12.5. The van der Waals surface area contributed by atoms with Crippen molar-refractivity contribution in [1.82, 2.24) is 0 Å². The summed E-state index contributed by atoms with van der Waals surface area (Å²) in [5.41, 5.74) is 2.85. The molecule has 0 saturated carbocycles. The van der Waals surface area contributed by atoms with Gasteiger partial charge in [0.1, 0.15) is 19.0 Å². The Balaban J connectivity index is 1.70. The van der Waals surface area contributed by atoms with Crippen molar-refractivity contribution in [3.8, 4) is 17.2 Å². The van der Waals surface area contributed by atoms with Crippen molar-refractivity contribution in [2.75, 3.05) is 18.5 Å². The van der Waals surface area contributed by atoms with Crippen molar-refractivity contribution >= 4 is 11.6 Å². The van der Waals surface area contributed by atoms with Gasteiger partial charge in [-0.2, -0.15) is 0 Å². The highest BCUT2D eigenvalue weighted by molar-refractivity contribution is 5.94. The molecule has 0 aliphatic carbocycles. The third-order valence-corrected chi connectivity index (χ3v) is 4.27. The van der Waals surface area contributed by atoms with Crippen LogP contribution in [0.3, 0.4) is 0 Å². The molecule has 3 rings (SSSR count). The van der Waals surface area contributed by atoms with Crippen LogP contribution in [0.1, 0.15) is 37.8 Å². The predicted octanol–water partition coefficient (Wildman–Crippen LogP) is 4.30. The number of fused-ring (bicyclic) bond motifs is 1. The lowest BCUT2D eigenvalue weighted by Crippen LogP contribution is -2.30. The summed E-state index contributed by atoms with van der Waals surface area (Å²) in [5.74, 6) is 2.20. The zero-order valence-corrected chi connectivity index (χ0v) is 15.7. The first-order valence-corrected chi connectivity index (χ1v) is 8.92. The normalized spacial score (nSPS) is 14.0. The molecule has 2 aromatic rings. The Morgan fingerprint density at radius 3 is 2.50 bits per heavy atom. The molecule has 0 aromatic heterocycles. The molecule has 26 heavy (non-hydrogen) atoms. The SMILES string of the molecule is Cc1ccc(C(C)C)c(O[C@@H](C)C(=O)Nc2ccc3c(c2)OCCO3)c1. The molecule has 0 radical (unpaired) electrons. The molecule has 0 spiro atoms. The van der Waals surface area contributed by atoms with Gasteiger partial charge in [-0.3, -0.25) is 4.79 Å². The van der Waals surface area contributed by atoms with Gasteiger partial charge in [-0.15, -0.1) is 0 Å². The molecule has 2 aromatic carbocycles. The third kappa shape index (κ3) is 4.10. The second-order valence-electron chi connectivity index (χ2n) is 6.80. The van der Waals surface area contributed by atoms with Crippen molar-refractivity contribution < 1.29 is 19.0 Å². The van der Waals surface area contributed by atoms with E-state index >= 15 is 0 Å². The first-order chi connectivity index (χ1) is 12.4. The molecule has 1 atom stereocenters. The predicted molar refractivity (Wildman–Crippen MR) is 101 cm³/mol. The topological polar surface area (TPSA) is 56.8 Å². The molecule has 138 valence electrons. The summed E-state index contributed by atoms with van der Waals surface area (Å²) < 4.78 is 17.0. The molecule has 5 heteroatoms. The van der Waals surface area contributed by atoms with Crippen LogP contribution < -0.4 is 19.5 Å². The van der Waals surface area contributed by atoms with Gasteiger partial charge in [-0.25, -0.2) is 0 Å². The summed E-state index contributed by atoms with van der Waals surface area (Å²) in [7, 11) is 0. The molecule has 0 bridgehead atoms. The number of aryl methyl sites for hydroxylation is 1. The summed E-state index contributed by atoms with van der Waals surface area (Å²) in [6, 6.07) is 11.5. The summed E-state index contributed by atoms with van der Waals surface area (Å²) in [5, 5.41) is 2.88. The molecule has 1 aliphatic heterocycles. The molecular formula is C21H25NO4. The first-order valence-electron chi connectivity index (χ1n) is 8.92. The zero-order chi connectivity index (χ0) is 18.7. The number of nitrogens with one attached hydrogen (secondary N) is 1. The van der Waals surface area contributed by atoms with Gasteiger partial charge in [-0.1, -0.05) is 26.0 Å². The van der Waals surface area contributed by atoms with Crippen LogP contribution in [0.25, 0.3) is 0 Å². The second-order valence-corrected chi connectivity index (χ2v) is 6.80. The lowest BCUT2D eigenvalue weighted by Gasteiger charge is -2.21. The number of benzene rings is 2. The van der Waals surface area contributed by atoms with Crippen LogP contribution in [0.4, 0.5) is 5.69 Å². The van der Waals surface area contributed by atoms with E-state index in [0.29, 0.717) is 36.3 Å². The minimum Gasteiger partial charge on any atom is -0.486 e. The molecule has 0 saturated heterocycles. The molecule has 1 N–H and O–H groups in total. The van der Waals surface area contributed by atoms with Gasteiger partial charge in [0.25, 0.3) is 5.91 Å².